The van der Waals surface area contributed by atoms with E-state index < -0.39 is 18.8 Å². The monoisotopic (exact) mass is 417 g/mol. The molecule has 2 aromatic carbocycles. The molecule has 0 saturated heterocycles. The molecule has 0 bridgehead atoms. The van der Waals surface area contributed by atoms with Gasteiger partial charge in [-0.1, -0.05) is 30.3 Å². The van der Waals surface area contributed by atoms with Crippen LogP contribution >= 0.6 is 11.3 Å². The number of nitrogens with one attached hydrogen (secondary N) is 2. The molecule has 0 aliphatic heterocycles. The summed E-state index contributed by atoms with van der Waals surface area (Å²) in [6.45, 7) is -0.417. The van der Waals surface area contributed by atoms with E-state index in [9.17, 15) is 15.5 Å². The maximum atomic E-state index is 10.3. The number of rotatable bonds is 7. The van der Waals surface area contributed by atoms with Crippen LogP contribution in [0.15, 0.2) is 66.3 Å². The van der Waals surface area contributed by atoms with Crippen molar-refractivity contribution < 1.29 is 10.2 Å². The lowest BCUT2D eigenvalue weighted by molar-refractivity contribution is 0.0795. The number of fused-ring (bicyclic) bond motifs is 1. The third-order valence-electron chi connectivity index (χ3n) is 4.67. The summed E-state index contributed by atoms with van der Waals surface area (Å²) in [7, 11) is 0. The average Bonchev–Trinajstić information content (AvgIpc) is 3.25. The quantitative estimate of drug-likeness (QED) is 0.361. The van der Waals surface area contributed by atoms with E-state index in [-0.39, 0.29) is 0 Å². The minimum Gasteiger partial charge on any atom is -0.394 e. The van der Waals surface area contributed by atoms with Gasteiger partial charge in [0.1, 0.15) is 18.0 Å². The Balaban J connectivity index is 1.64. The summed E-state index contributed by atoms with van der Waals surface area (Å²) in [6.07, 6.45) is 0.431. The number of hydrogen-bond acceptors (Lipinski definition) is 8. The highest BCUT2D eigenvalue weighted by Gasteiger charge is 2.22. The van der Waals surface area contributed by atoms with Crippen LogP contribution in [0.3, 0.4) is 0 Å². The normalized spacial score (nSPS) is 12.8. The predicted molar refractivity (Wildman–Crippen MR) is 118 cm³/mol. The summed E-state index contributed by atoms with van der Waals surface area (Å²) in [5, 5.41) is 35.8. The molecule has 150 valence electrons. The van der Waals surface area contributed by atoms with Crippen molar-refractivity contribution in [3.05, 3.63) is 77.4 Å². The maximum Gasteiger partial charge on any atom is 0.132 e. The number of anilines is 3. The maximum absolute atomic E-state index is 10.3. The van der Waals surface area contributed by atoms with Gasteiger partial charge in [0.05, 0.1) is 39.6 Å². The number of nitrogens with zero attached hydrogens (tertiary/aromatic N) is 3. The fraction of sp³-hybridized carbons (Fsp3) is 0.136. The second kappa shape index (κ2) is 8.88. The lowest BCUT2D eigenvalue weighted by Gasteiger charge is -2.25. The summed E-state index contributed by atoms with van der Waals surface area (Å²) in [5.74, 6) is 0.547. The van der Waals surface area contributed by atoms with Crippen molar-refractivity contribution in [1.82, 2.24) is 9.97 Å². The minimum absolute atomic E-state index is 0.338. The van der Waals surface area contributed by atoms with Crippen LogP contribution in [0.2, 0.25) is 0 Å². The first-order valence-electron chi connectivity index (χ1n) is 9.29. The van der Waals surface area contributed by atoms with Crippen LogP contribution in [0.4, 0.5) is 17.2 Å². The highest BCUT2D eigenvalue weighted by Crippen LogP contribution is 2.29. The second-order valence-electron chi connectivity index (χ2n) is 6.67. The van der Waals surface area contributed by atoms with Gasteiger partial charge < -0.3 is 20.8 Å². The first-order chi connectivity index (χ1) is 14.7. The standard InChI is InChI=1S/C22H19N5O2S/c23-10-15-11-24-21(26-16-6-7-17-20(8-16)30-13-25-17)9-18(15)27-22(19(29)12-28)14-4-2-1-3-5-14/h1-9,11,13,19,22,28-29H,12H2,(H2,24,26,27)/t19-,22?/m1/s1. The largest absolute Gasteiger partial charge is 0.394 e. The molecule has 0 fully saturated rings. The molecule has 7 nitrogen and oxygen atoms in total. The topological polar surface area (TPSA) is 114 Å². The minimum atomic E-state index is -1.04. The van der Waals surface area contributed by atoms with Crippen LogP contribution in [0.1, 0.15) is 17.2 Å². The van der Waals surface area contributed by atoms with Crippen molar-refractivity contribution in [3.8, 4) is 6.07 Å². The van der Waals surface area contributed by atoms with E-state index in [2.05, 4.69) is 26.7 Å². The Labute approximate surface area is 177 Å². The summed E-state index contributed by atoms with van der Waals surface area (Å²) < 4.78 is 1.06. The average molecular weight is 417 g/mol. The van der Waals surface area contributed by atoms with Gasteiger partial charge in [-0.3, -0.25) is 0 Å². The van der Waals surface area contributed by atoms with E-state index in [1.165, 1.54) is 6.20 Å². The zero-order valence-electron chi connectivity index (χ0n) is 15.9. The van der Waals surface area contributed by atoms with E-state index in [0.29, 0.717) is 17.1 Å². The molecule has 8 heteroatoms. The van der Waals surface area contributed by atoms with Gasteiger partial charge in [0, 0.05) is 18.0 Å². The molecule has 4 rings (SSSR count). The number of hydrogen-bond donors (Lipinski definition) is 4. The van der Waals surface area contributed by atoms with E-state index in [1.807, 2.05) is 48.5 Å². The van der Waals surface area contributed by atoms with Gasteiger partial charge in [0.15, 0.2) is 0 Å². The van der Waals surface area contributed by atoms with Crippen LogP contribution in [0, 0.1) is 11.3 Å². The predicted octanol–water partition coefficient (Wildman–Crippen LogP) is 3.81. The van der Waals surface area contributed by atoms with Crippen molar-refractivity contribution in [2.75, 3.05) is 17.2 Å². The second-order valence-corrected chi connectivity index (χ2v) is 7.56. The van der Waals surface area contributed by atoms with E-state index in [0.717, 1.165) is 21.5 Å². The Bertz CT molecular complexity index is 1190. The smallest absolute Gasteiger partial charge is 0.132 e. The lowest BCUT2D eigenvalue weighted by atomic mass is 10.0. The Morgan fingerprint density at radius 3 is 2.70 bits per heavy atom. The van der Waals surface area contributed by atoms with Crippen LogP contribution in [-0.4, -0.2) is 32.9 Å². The fourth-order valence-electron chi connectivity index (χ4n) is 3.15. The molecule has 0 radical (unpaired) electrons. The number of nitriles is 1. The van der Waals surface area contributed by atoms with E-state index in [1.54, 1.807) is 22.9 Å². The van der Waals surface area contributed by atoms with E-state index >= 15 is 0 Å². The van der Waals surface area contributed by atoms with Gasteiger partial charge in [-0.2, -0.15) is 5.26 Å². The highest BCUT2D eigenvalue weighted by molar-refractivity contribution is 7.16. The molecule has 2 aromatic heterocycles. The van der Waals surface area contributed by atoms with Crippen LogP contribution in [0.5, 0.6) is 0 Å². The zero-order chi connectivity index (χ0) is 20.9. The van der Waals surface area contributed by atoms with Crippen molar-refractivity contribution in [1.29, 1.82) is 5.26 Å². The summed E-state index contributed by atoms with van der Waals surface area (Å²) >= 11 is 1.55. The first kappa shape index (κ1) is 19.8. The molecule has 0 saturated carbocycles. The van der Waals surface area contributed by atoms with Gasteiger partial charge in [-0.05, 0) is 23.8 Å². The summed E-state index contributed by atoms with van der Waals surface area (Å²) in [4.78, 5) is 8.60. The Hall–Kier alpha value is -3.51. The third kappa shape index (κ3) is 4.23. The number of aliphatic hydroxyl groups is 2. The molecule has 2 heterocycles. The number of benzene rings is 2. The first-order valence-corrected chi connectivity index (χ1v) is 10.2. The van der Waals surface area contributed by atoms with Crippen LogP contribution < -0.4 is 10.6 Å². The summed E-state index contributed by atoms with van der Waals surface area (Å²) in [6, 6.07) is 18.4. The van der Waals surface area contributed by atoms with Gasteiger partial charge >= 0.3 is 0 Å². The van der Waals surface area contributed by atoms with Gasteiger partial charge in [-0.25, -0.2) is 9.97 Å². The van der Waals surface area contributed by atoms with Gasteiger partial charge in [0.2, 0.25) is 0 Å². The molecular weight excluding hydrogens is 398 g/mol. The van der Waals surface area contributed by atoms with Crippen molar-refractivity contribution in [2.24, 2.45) is 0 Å². The van der Waals surface area contributed by atoms with Crippen molar-refractivity contribution in [2.45, 2.75) is 12.1 Å². The van der Waals surface area contributed by atoms with Crippen LogP contribution in [0.25, 0.3) is 10.2 Å². The van der Waals surface area contributed by atoms with Gasteiger partial charge in [0.25, 0.3) is 0 Å². The third-order valence-corrected chi connectivity index (χ3v) is 5.46. The highest BCUT2D eigenvalue weighted by atomic mass is 32.1. The molecule has 2 atom stereocenters. The van der Waals surface area contributed by atoms with Crippen molar-refractivity contribution in [3.63, 3.8) is 0 Å². The SMILES string of the molecule is N#Cc1cnc(Nc2ccc3ncsc3c2)cc1NC(c1ccccc1)[C@H](O)CO. The molecule has 4 aromatic rings. The molecule has 4 N–H and O–H groups in total. The molecule has 30 heavy (non-hydrogen) atoms. The molecule has 0 aliphatic rings. The molecule has 1 unspecified atom stereocenters. The van der Waals surface area contributed by atoms with Crippen molar-refractivity contribution >= 4 is 38.7 Å². The number of aliphatic hydroxyl groups excluding tert-OH is 2. The van der Waals surface area contributed by atoms with E-state index in [4.69, 9.17) is 0 Å². The fourth-order valence-corrected chi connectivity index (χ4v) is 3.86. The zero-order valence-corrected chi connectivity index (χ0v) is 16.7. The number of pyridine rings is 1. The molecular formula is C22H19N5O2S. The summed E-state index contributed by atoms with van der Waals surface area (Å²) in [5.41, 5.74) is 5.23. The lowest BCUT2D eigenvalue weighted by Crippen LogP contribution is -2.29. The Morgan fingerprint density at radius 2 is 1.93 bits per heavy atom. The molecule has 0 aliphatic carbocycles. The number of aromatic nitrogens is 2. The molecule has 0 spiro atoms. The Morgan fingerprint density at radius 1 is 1.10 bits per heavy atom. The Kier molecular flexibility index (Phi) is 5.86. The molecule has 0 amide bonds. The van der Waals surface area contributed by atoms with Crippen LogP contribution in [-0.2, 0) is 0 Å². The van der Waals surface area contributed by atoms with Gasteiger partial charge in [-0.15, -0.1) is 11.3 Å². The number of thiazole rings is 1.